The Hall–Kier alpha value is -6.52. The fourth-order valence-corrected chi connectivity index (χ4v) is 10.7. The van der Waals surface area contributed by atoms with Gasteiger partial charge in [0.1, 0.15) is 0 Å². The molecule has 0 bridgehead atoms. The van der Waals surface area contributed by atoms with Crippen molar-refractivity contribution in [3.63, 3.8) is 0 Å². The van der Waals surface area contributed by atoms with Gasteiger partial charge in [-0.25, -0.2) is 0 Å². The van der Waals surface area contributed by atoms with E-state index in [4.69, 9.17) is 0 Å². The van der Waals surface area contributed by atoms with Crippen LogP contribution < -0.4 is 4.90 Å². The monoisotopic (exact) mass is 735 g/mol. The van der Waals surface area contributed by atoms with Crippen LogP contribution in [0, 0.1) is 0 Å². The molecule has 0 spiro atoms. The Morgan fingerprint density at radius 2 is 0.927 bits per heavy atom. The minimum absolute atomic E-state index is 1.11. The summed E-state index contributed by atoms with van der Waals surface area (Å²) in [6.07, 6.45) is 0. The quantitative estimate of drug-likeness (QED) is 0.164. The Morgan fingerprint density at radius 3 is 1.78 bits per heavy atom. The maximum atomic E-state index is 2.50. The minimum Gasteiger partial charge on any atom is -0.309 e. The molecule has 0 amide bonds. The van der Waals surface area contributed by atoms with Crippen molar-refractivity contribution in [2.75, 3.05) is 4.90 Å². The Balaban J connectivity index is 1.17. The van der Waals surface area contributed by atoms with Gasteiger partial charge >= 0.3 is 0 Å². The smallest absolute Gasteiger partial charge is 0.0555 e. The normalized spacial score (nSPS) is 11.6. The van der Waals surface area contributed by atoms with E-state index in [1.807, 2.05) is 22.7 Å². The molecule has 0 fully saturated rings. The second-order valence-electron chi connectivity index (χ2n) is 14.0. The number of thiophene rings is 2. The molecule has 11 rings (SSSR count). The van der Waals surface area contributed by atoms with Crippen LogP contribution in [0.3, 0.4) is 0 Å². The number of hydrogen-bond acceptors (Lipinski definition) is 3. The minimum atomic E-state index is 1.11. The topological polar surface area (TPSA) is 3.24 Å². The van der Waals surface area contributed by atoms with Crippen LogP contribution in [0.25, 0.3) is 84.5 Å². The van der Waals surface area contributed by atoms with E-state index in [0.717, 1.165) is 11.4 Å². The first-order valence-electron chi connectivity index (χ1n) is 18.7. The highest BCUT2D eigenvalue weighted by Gasteiger charge is 2.23. The van der Waals surface area contributed by atoms with Gasteiger partial charge in [0.25, 0.3) is 0 Å². The molecule has 0 saturated carbocycles. The average molecular weight is 736 g/mol. The van der Waals surface area contributed by atoms with E-state index in [2.05, 4.69) is 205 Å². The Labute approximate surface area is 327 Å². The molecule has 9 aromatic carbocycles. The van der Waals surface area contributed by atoms with Gasteiger partial charge in [-0.05, 0) is 81.1 Å². The lowest BCUT2D eigenvalue weighted by molar-refractivity contribution is 1.30. The first kappa shape index (κ1) is 32.0. The molecule has 2 heterocycles. The van der Waals surface area contributed by atoms with Gasteiger partial charge in [0.05, 0.1) is 11.4 Å². The van der Waals surface area contributed by atoms with Gasteiger partial charge in [0.15, 0.2) is 0 Å². The van der Waals surface area contributed by atoms with Crippen LogP contribution in [0.1, 0.15) is 0 Å². The number of benzene rings is 9. The summed E-state index contributed by atoms with van der Waals surface area (Å²) in [5.74, 6) is 0. The van der Waals surface area contributed by atoms with Crippen LogP contribution in [-0.4, -0.2) is 0 Å². The molecule has 2 aromatic heterocycles. The van der Waals surface area contributed by atoms with Gasteiger partial charge in [-0.1, -0.05) is 158 Å². The summed E-state index contributed by atoms with van der Waals surface area (Å²) in [6.45, 7) is 0. The zero-order valence-electron chi connectivity index (χ0n) is 29.8. The summed E-state index contributed by atoms with van der Waals surface area (Å²) in [5.41, 5.74) is 10.7. The first-order valence-corrected chi connectivity index (χ1v) is 20.3. The van der Waals surface area contributed by atoms with Gasteiger partial charge in [-0.2, -0.15) is 0 Å². The Kier molecular flexibility index (Phi) is 7.61. The number of hydrogen-bond donors (Lipinski definition) is 0. The van der Waals surface area contributed by atoms with Crippen molar-refractivity contribution in [3.05, 3.63) is 200 Å². The van der Waals surface area contributed by atoms with Crippen LogP contribution >= 0.6 is 22.7 Å². The van der Waals surface area contributed by atoms with Crippen LogP contribution in [0.15, 0.2) is 200 Å². The van der Waals surface area contributed by atoms with E-state index in [-0.39, 0.29) is 0 Å². The summed E-state index contributed by atoms with van der Waals surface area (Å²) in [4.78, 5) is 2.50. The van der Waals surface area contributed by atoms with Gasteiger partial charge in [-0.15, -0.1) is 22.7 Å². The molecule has 0 aliphatic heterocycles. The summed E-state index contributed by atoms with van der Waals surface area (Å²) < 4.78 is 5.23. The van der Waals surface area contributed by atoms with E-state index in [1.165, 1.54) is 90.2 Å². The predicted molar refractivity (Wildman–Crippen MR) is 241 cm³/mol. The maximum Gasteiger partial charge on any atom is 0.0555 e. The molecule has 55 heavy (non-hydrogen) atoms. The van der Waals surface area contributed by atoms with Crippen LogP contribution in [0.2, 0.25) is 0 Å². The SMILES string of the molecule is c1ccc(-c2ccc(-c3cccc4ccccc34)cc2N(c2ccc(-c3cccc4c3sc3ccccc34)cc2)c2cccc3sc4ccccc4c23)cc1. The lowest BCUT2D eigenvalue weighted by Gasteiger charge is -2.29. The Bertz CT molecular complexity index is 3200. The van der Waals surface area contributed by atoms with Crippen LogP contribution in [-0.2, 0) is 0 Å². The molecule has 0 unspecified atom stereocenters. The van der Waals surface area contributed by atoms with Crippen molar-refractivity contribution >= 4 is 90.9 Å². The van der Waals surface area contributed by atoms with Crippen LogP contribution in [0.4, 0.5) is 17.1 Å². The van der Waals surface area contributed by atoms with E-state index in [1.54, 1.807) is 0 Å². The van der Waals surface area contributed by atoms with Gasteiger partial charge in [0, 0.05) is 51.6 Å². The predicted octanol–water partition coefficient (Wildman–Crippen LogP) is 16.0. The van der Waals surface area contributed by atoms with Crippen molar-refractivity contribution in [2.45, 2.75) is 0 Å². The second kappa shape index (κ2) is 13.1. The maximum absolute atomic E-state index is 2.50. The standard InChI is InChI=1S/C52H33NS2/c1-2-13-35(14-3-1)41-32-29-37(40-20-10-16-34-15-4-5-17-39(34)40)33-47(41)53(46-23-12-26-50-51(46)45-19-7-9-25-49(45)54-50)38-30-27-36(28-31-38)42-21-11-22-44-43-18-6-8-24-48(43)55-52(42)44/h1-33H. The first-order chi connectivity index (χ1) is 27.3. The largest absolute Gasteiger partial charge is 0.309 e. The zero-order valence-corrected chi connectivity index (χ0v) is 31.4. The average Bonchev–Trinajstić information content (AvgIpc) is 3.83. The molecular weight excluding hydrogens is 703 g/mol. The molecule has 0 saturated heterocycles. The number of anilines is 3. The van der Waals surface area contributed by atoms with E-state index in [0.29, 0.717) is 0 Å². The van der Waals surface area contributed by atoms with Gasteiger partial charge in [-0.3, -0.25) is 0 Å². The van der Waals surface area contributed by atoms with Crippen molar-refractivity contribution in [3.8, 4) is 33.4 Å². The highest BCUT2D eigenvalue weighted by atomic mass is 32.1. The molecule has 0 N–H and O–H groups in total. The van der Waals surface area contributed by atoms with Crippen molar-refractivity contribution in [1.29, 1.82) is 0 Å². The molecular formula is C52H33NS2. The summed E-state index contributed by atoms with van der Waals surface area (Å²) in [6, 6.07) is 73.5. The van der Waals surface area contributed by atoms with Crippen LogP contribution in [0.5, 0.6) is 0 Å². The van der Waals surface area contributed by atoms with Gasteiger partial charge in [0.2, 0.25) is 0 Å². The highest BCUT2D eigenvalue weighted by molar-refractivity contribution is 7.26. The third-order valence-electron chi connectivity index (χ3n) is 10.9. The van der Waals surface area contributed by atoms with E-state index in [9.17, 15) is 0 Å². The molecule has 258 valence electrons. The number of rotatable bonds is 6. The van der Waals surface area contributed by atoms with Crippen molar-refractivity contribution in [1.82, 2.24) is 0 Å². The Morgan fingerprint density at radius 1 is 0.327 bits per heavy atom. The van der Waals surface area contributed by atoms with Crippen molar-refractivity contribution < 1.29 is 0 Å². The lowest BCUT2D eigenvalue weighted by atomic mass is 9.93. The van der Waals surface area contributed by atoms with E-state index < -0.39 is 0 Å². The summed E-state index contributed by atoms with van der Waals surface area (Å²) in [7, 11) is 0. The number of fused-ring (bicyclic) bond motifs is 7. The zero-order chi connectivity index (χ0) is 36.3. The molecule has 1 nitrogen and oxygen atoms in total. The second-order valence-corrected chi connectivity index (χ2v) is 16.2. The lowest BCUT2D eigenvalue weighted by Crippen LogP contribution is -2.12. The summed E-state index contributed by atoms with van der Waals surface area (Å²) in [5, 5.41) is 7.68. The molecule has 0 atom stereocenters. The highest BCUT2D eigenvalue weighted by Crippen LogP contribution is 2.49. The molecule has 0 radical (unpaired) electrons. The van der Waals surface area contributed by atoms with Gasteiger partial charge < -0.3 is 4.90 Å². The fourth-order valence-electron chi connectivity index (χ4n) is 8.34. The summed E-state index contributed by atoms with van der Waals surface area (Å²) >= 11 is 3.74. The van der Waals surface area contributed by atoms with E-state index >= 15 is 0 Å². The molecule has 3 heteroatoms. The third-order valence-corrected chi connectivity index (χ3v) is 13.2. The number of nitrogens with zero attached hydrogens (tertiary/aromatic N) is 1. The van der Waals surface area contributed by atoms with Crippen molar-refractivity contribution in [2.24, 2.45) is 0 Å². The molecule has 0 aliphatic rings. The third kappa shape index (κ3) is 5.35. The molecule has 0 aliphatic carbocycles. The fraction of sp³-hybridized carbons (Fsp3) is 0. The molecule has 11 aromatic rings.